The summed E-state index contributed by atoms with van der Waals surface area (Å²) in [5.74, 6) is 0. The predicted octanol–water partition coefficient (Wildman–Crippen LogP) is 2.24. The van der Waals surface area contributed by atoms with Crippen molar-refractivity contribution in [3.8, 4) is 0 Å². The number of para-hydroxylation sites is 2. The number of benzene rings is 1. The number of aromatic nitrogens is 2. The molecular formula is C15H19BN2O2. The molecule has 1 aromatic heterocycles. The molecule has 1 aliphatic rings. The van der Waals surface area contributed by atoms with Gasteiger partial charge in [0.15, 0.2) is 0 Å². The van der Waals surface area contributed by atoms with E-state index in [9.17, 15) is 0 Å². The highest BCUT2D eigenvalue weighted by Crippen LogP contribution is 2.36. The summed E-state index contributed by atoms with van der Waals surface area (Å²) >= 11 is 0. The summed E-state index contributed by atoms with van der Waals surface area (Å²) in [5, 5.41) is 0. The van der Waals surface area contributed by atoms with Crippen molar-refractivity contribution in [1.82, 2.24) is 9.97 Å². The van der Waals surface area contributed by atoms with Gasteiger partial charge in [-0.15, -0.1) is 0 Å². The van der Waals surface area contributed by atoms with Gasteiger partial charge in [-0.1, -0.05) is 12.1 Å². The minimum absolute atomic E-state index is 0.364. The Morgan fingerprint density at radius 1 is 0.900 bits per heavy atom. The molecule has 0 bridgehead atoms. The van der Waals surface area contributed by atoms with Gasteiger partial charge in [0, 0.05) is 0 Å². The molecule has 5 heteroatoms. The summed E-state index contributed by atoms with van der Waals surface area (Å²) in [6.07, 6.45) is 0. The Morgan fingerprint density at radius 2 is 1.40 bits per heavy atom. The first kappa shape index (κ1) is 13.5. The zero-order valence-corrected chi connectivity index (χ0v) is 12.6. The molecule has 4 nitrogen and oxygen atoms in total. The lowest BCUT2D eigenvalue weighted by atomic mass is 9.83. The second-order valence-corrected chi connectivity index (χ2v) is 6.27. The molecule has 20 heavy (non-hydrogen) atoms. The quantitative estimate of drug-likeness (QED) is 0.745. The molecule has 3 rings (SSSR count). The van der Waals surface area contributed by atoms with Crippen molar-refractivity contribution in [1.29, 1.82) is 0 Å². The average Bonchev–Trinajstić information content (AvgIpc) is 2.57. The highest BCUT2D eigenvalue weighted by atomic mass is 16.7. The highest BCUT2D eigenvalue weighted by molar-refractivity contribution is 6.61. The van der Waals surface area contributed by atoms with E-state index >= 15 is 0 Å². The summed E-state index contributed by atoms with van der Waals surface area (Å²) in [5.41, 5.74) is 2.65. The van der Waals surface area contributed by atoms with Crippen LogP contribution in [0, 0.1) is 6.92 Å². The second-order valence-electron chi connectivity index (χ2n) is 6.27. The van der Waals surface area contributed by atoms with Crippen molar-refractivity contribution in [2.45, 2.75) is 45.8 Å². The van der Waals surface area contributed by atoms with E-state index in [1.165, 1.54) is 0 Å². The number of aryl methyl sites for hydroxylation is 1. The Morgan fingerprint density at radius 3 is 1.95 bits per heavy atom. The molecule has 0 atom stereocenters. The zero-order chi connectivity index (χ0) is 14.5. The van der Waals surface area contributed by atoms with Gasteiger partial charge in [-0.05, 0) is 46.8 Å². The first-order valence-corrected chi connectivity index (χ1v) is 6.89. The number of nitrogens with zero attached hydrogens (tertiary/aromatic N) is 2. The van der Waals surface area contributed by atoms with E-state index in [0.29, 0.717) is 0 Å². The lowest BCUT2D eigenvalue weighted by Gasteiger charge is -2.32. The molecule has 0 saturated carbocycles. The van der Waals surface area contributed by atoms with Crippen LogP contribution in [0.3, 0.4) is 0 Å². The van der Waals surface area contributed by atoms with Crippen LogP contribution in [0.4, 0.5) is 0 Å². The van der Waals surface area contributed by atoms with Crippen LogP contribution in [0.25, 0.3) is 11.0 Å². The van der Waals surface area contributed by atoms with E-state index in [1.54, 1.807) is 0 Å². The number of hydrogen-bond acceptors (Lipinski definition) is 4. The molecule has 0 N–H and O–H groups in total. The third-order valence-electron chi connectivity index (χ3n) is 4.26. The largest absolute Gasteiger partial charge is 0.516 e. The molecule has 1 aromatic carbocycles. The fraction of sp³-hybridized carbons (Fsp3) is 0.467. The maximum Gasteiger partial charge on any atom is 0.516 e. The molecule has 1 saturated heterocycles. The van der Waals surface area contributed by atoms with Crippen molar-refractivity contribution >= 4 is 23.7 Å². The molecule has 0 amide bonds. The van der Waals surface area contributed by atoms with Gasteiger partial charge in [-0.25, -0.2) is 0 Å². The minimum atomic E-state index is -0.461. The Kier molecular flexibility index (Phi) is 2.89. The smallest absolute Gasteiger partial charge is 0.398 e. The first-order chi connectivity index (χ1) is 9.30. The normalized spacial score (nSPS) is 20.6. The van der Waals surface area contributed by atoms with Crippen LogP contribution in [0.2, 0.25) is 0 Å². The predicted molar refractivity (Wildman–Crippen MR) is 80.0 cm³/mol. The Hall–Kier alpha value is -1.46. The van der Waals surface area contributed by atoms with Gasteiger partial charge in [0.05, 0.1) is 33.5 Å². The van der Waals surface area contributed by atoms with Crippen molar-refractivity contribution in [2.75, 3.05) is 0 Å². The monoisotopic (exact) mass is 270 g/mol. The van der Waals surface area contributed by atoms with Crippen LogP contribution in [-0.4, -0.2) is 28.3 Å². The van der Waals surface area contributed by atoms with Crippen LogP contribution >= 0.6 is 0 Å². The van der Waals surface area contributed by atoms with Gasteiger partial charge >= 0.3 is 7.12 Å². The van der Waals surface area contributed by atoms with Gasteiger partial charge in [-0.2, -0.15) is 0 Å². The summed E-state index contributed by atoms with van der Waals surface area (Å²) in [6, 6.07) is 7.84. The summed E-state index contributed by atoms with van der Waals surface area (Å²) in [6.45, 7) is 10.1. The number of rotatable bonds is 1. The van der Waals surface area contributed by atoms with Gasteiger partial charge in [0.2, 0.25) is 0 Å². The first-order valence-electron chi connectivity index (χ1n) is 6.89. The summed E-state index contributed by atoms with van der Waals surface area (Å²) in [4.78, 5) is 9.27. The Bertz CT molecular complexity index is 654. The highest BCUT2D eigenvalue weighted by Gasteiger charge is 2.52. The van der Waals surface area contributed by atoms with Crippen molar-refractivity contribution in [3.05, 3.63) is 30.0 Å². The van der Waals surface area contributed by atoms with Crippen LogP contribution < -0.4 is 5.59 Å². The van der Waals surface area contributed by atoms with Crippen LogP contribution in [-0.2, 0) is 9.31 Å². The fourth-order valence-electron chi connectivity index (χ4n) is 2.28. The number of fused-ring (bicyclic) bond motifs is 1. The molecule has 1 aliphatic heterocycles. The Balaban J connectivity index is 2.05. The maximum atomic E-state index is 6.06. The molecular weight excluding hydrogens is 251 g/mol. The van der Waals surface area contributed by atoms with E-state index in [4.69, 9.17) is 9.31 Å². The summed E-state index contributed by atoms with van der Waals surface area (Å²) in [7, 11) is -0.461. The second kappa shape index (κ2) is 4.27. The van der Waals surface area contributed by atoms with Crippen molar-refractivity contribution in [3.63, 3.8) is 0 Å². The lowest BCUT2D eigenvalue weighted by Crippen LogP contribution is -2.41. The van der Waals surface area contributed by atoms with Gasteiger partial charge in [-0.3, -0.25) is 9.97 Å². The van der Waals surface area contributed by atoms with Gasteiger partial charge in [0.1, 0.15) is 0 Å². The topological polar surface area (TPSA) is 44.2 Å². The molecule has 2 aromatic rings. The van der Waals surface area contributed by atoms with Crippen LogP contribution in [0.1, 0.15) is 33.4 Å². The standard InChI is InChI=1S/C15H19BN2O2/c1-10-13(16-19-14(2,3)15(4,5)20-16)18-12-9-7-6-8-11(12)17-10/h6-9H,1-5H3. The number of hydrogen-bond donors (Lipinski definition) is 0. The minimum Gasteiger partial charge on any atom is -0.398 e. The molecule has 1 fully saturated rings. The van der Waals surface area contributed by atoms with Crippen LogP contribution in [0.5, 0.6) is 0 Å². The van der Waals surface area contributed by atoms with E-state index in [-0.39, 0.29) is 11.2 Å². The third-order valence-corrected chi connectivity index (χ3v) is 4.26. The fourth-order valence-corrected chi connectivity index (χ4v) is 2.28. The lowest BCUT2D eigenvalue weighted by molar-refractivity contribution is 0.00578. The molecule has 0 spiro atoms. The van der Waals surface area contributed by atoms with E-state index < -0.39 is 7.12 Å². The zero-order valence-electron chi connectivity index (χ0n) is 12.6. The SMILES string of the molecule is Cc1nc2ccccc2nc1B1OC(C)(C)C(C)(C)O1. The van der Waals surface area contributed by atoms with E-state index in [0.717, 1.165) is 22.3 Å². The van der Waals surface area contributed by atoms with Gasteiger partial charge < -0.3 is 9.31 Å². The molecule has 0 radical (unpaired) electrons. The van der Waals surface area contributed by atoms with E-state index in [2.05, 4.69) is 9.97 Å². The van der Waals surface area contributed by atoms with Gasteiger partial charge in [0.25, 0.3) is 0 Å². The Labute approximate surface area is 119 Å². The molecule has 0 aliphatic carbocycles. The molecule has 2 heterocycles. The third kappa shape index (κ3) is 2.01. The molecule has 104 valence electrons. The van der Waals surface area contributed by atoms with E-state index in [1.807, 2.05) is 58.9 Å². The van der Waals surface area contributed by atoms with Crippen molar-refractivity contribution < 1.29 is 9.31 Å². The maximum absolute atomic E-state index is 6.06. The summed E-state index contributed by atoms with van der Waals surface area (Å²) < 4.78 is 12.1. The van der Waals surface area contributed by atoms with Crippen LogP contribution in [0.15, 0.2) is 24.3 Å². The van der Waals surface area contributed by atoms with Crippen molar-refractivity contribution in [2.24, 2.45) is 0 Å². The molecule has 0 unspecified atom stereocenters. The average molecular weight is 270 g/mol.